The van der Waals surface area contributed by atoms with Crippen LogP contribution in [0.5, 0.6) is 0 Å². The first-order chi connectivity index (χ1) is 2.27. The van der Waals surface area contributed by atoms with Crippen molar-refractivity contribution in [2.24, 2.45) is 0 Å². The fourth-order valence-corrected chi connectivity index (χ4v) is 0. The smallest absolute Gasteiger partial charge is 0.424 e. The summed E-state index contributed by atoms with van der Waals surface area (Å²) in [6.07, 6.45) is 0. The van der Waals surface area contributed by atoms with Crippen molar-refractivity contribution in [3.05, 3.63) is 0 Å². The Bertz CT molecular complexity index is 69.6. The van der Waals surface area contributed by atoms with Gasteiger partial charge in [0.15, 0.2) is 0 Å². The maximum absolute atomic E-state index is 9.37. The maximum atomic E-state index is 9.37. The van der Waals surface area contributed by atoms with Crippen LogP contribution in [0.4, 0.5) is 0 Å². The SMILES string of the molecule is CC[S-](=O)=O.[K+]. The van der Waals surface area contributed by atoms with Crippen molar-refractivity contribution in [3.8, 4) is 0 Å². The molecule has 0 N–H and O–H groups in total. The predicted molar refractivity (Wildman–Crippen MR) is 19.3 cm³/mol. The van der Waals surface area contributed by atoms with Crippen LogP contribution in [0.2, 0.25) is 0 Å². The van der Waals surface area contributed by atoms with E-state index in [4.69, 9.17) is 0 Å². The van der Waals surface area contributed by atoms with E-state index in [1.165, 1.54) is 0 Å². The molecule has 0 saturated heterocycles. The minimum atomic E-state index is -1.82. The molecule has 0 atom stereocenters. The van der Waals surface area contributed by atoms with Gasteiger partial charge in [-0.1, -0.05) is 23.4 Å². The molecule has 0 unspecified atom stereocenters. The molecule has 0 aliphatic heterocycles. The molecule has 0 aromatic carbocycles. The van der Waals surface area contributed by atoms with E-state index in [1.807, 2.05) is 0 Å². The van der Waals surface area contributed by atoms with Gasteiger partial charge in [0.2, 0.25) is 0 Å². The Hall–Kier alpha value is 1.59. The van der Waals surface area contributed by atoms with E-state index in [9.17, 15) is 8.42 Å². The summed E-state index contributed by atoms with van der Waals surface area (Å²) in [5, 5.41) is 0. The van der Waals surface area contributed by atoms with Crippen LogP contribution in [0.1, 0.15) is 6.92 Å². The molecule has 0 aromatic rings. The van der Waals surface area contributed by atoms with Crippen LogP contribution < -0.4 is 51.4 Å². The summed E-state index contributed by atoms with van der Waals surface area (Å²) in [6, 6.07) is 0. The Morgan fingerprint density at radius 2 is 1.67 bits per heavy atom. The Kier molecular flexibility index (Phi) is 11.6. The van der Waals surface area contributed by atoms with Gasteiger partial charge in [0.05, 0.1) is 0 Å². The molecule has 0 saturated carbocycles. The quantitative estimate of drug-likeness (QED) is 0.288. The average molecular weight is 132 g/mol. The molecule has 2 nitrogen and oxygen atoms in total. The van der Waals surface area contributed by atoms with Gasteiger partial charge in [-0.05, 0) is 0 Å². The van der Waals surface area contributed by atoms with E-state index in [1.54, 1.807) is 6.92 Å². The van der Waals surface area contributed by atoms with E-state index in [-0.39, 0.29) is 57.1 Å². The summed E-state index contributed by atoms with van der Waals surface area (Å²) in [4.78, 5) is 0. The average Bonchev–Trinajstić information content (AvgIpc) is 1.38. The van der Waals surface area contributed by atoms with Crippen LogP contribution in [-0.4, -0.2) is 5.75 Å². The van der Waals surface area contributed by atoms with Gasteiger partial charge in [-0.2, -0.15) is 0 Å². The van der Waals surface area contributed by atoms with Gasteiger partial charge in [-0.15, -0.1) is 0 Å². The molecule has 6 heavy (non-hydrogen) atoms. The van der Waals surface area contributed by atoms with Crippen molar-refractivity contribution in [3.63, 3.8) is 0 Å². The van der Waals surface area contributed by atoms with Gasteiger partial charge in [-0.3, -0.25) is 0 Å². The Balaban J connectivity index is 0. The molecule has 0 amide bonds. The first-order valence-corrected chi connectivity index (χ1v) is 2.57. The molecule has 0 radical (unpaired) electrons. The minimum Gasteiger partial charge on any atom is -0.424 e. The molecule has 0 fully saturated rings. The molecule has 4 heteroatoms. The van der Waals surface area contributed by atoms with Gasteiger partial charge >= 0.3 is 51.4 Å². The summed E-state index contributed by atoms with van der Waals surface area (Å²) in [5.41, 5.74) is 0. The van der Waals surface area contributed by atoms with Crippen LogP contribution in [-0.2, 0) is 19.1 Å². The predicted octanol–water partition coefficient (Wildman–Crippen LogP) is -2.68. The standard InChI is InChI=1S/C2H5O2S.K/c1-2-5(3)4;/h2H2,1H3;/q-1;+1. The van der Waals surface area contributed by atoms with Crippen LogP contribution in [0.25, 0.3) is 0 Å². The van der Waals surface area contributed by atoms with Crippen LogP contribution >= 0.6 is 0 Å². The van der Waals surface area contributed by atoms with Crippen molar-refractivity contribution in [2.75, 3.05) is 5.75 Å². The van der Waals surface area contributed by atoms with Crippen LogP contribution in [0, 0.1) is 0 Å². The van der Waals surface area contributed by atoms with E-state index in [0.717, 1.165) is 0 Å². The zero-order valence-electron chi connectivity index (χ0n) is 3.93. The van der Waals surface area contributed by atoms with Gasteiger partial charge in [0, 0.05) is 0 Å². The molecule has 0 rings (SSSR count). The molecule has 0 aliphatic carbocycles. The van der Waals surface area contributed by atoms with Crippen molar-refractivity contribution < 1.29 is 59.8 Å². The van der Waals surface area contributed by atoms with E-state index >= 15 is 0 Å². The zero-order chi connectivity index (χ0) is 4.28. The second-order valence-electron chi connectivity index (χ2n) is 0.592. The molecule has 0 bridgehead atoms. The number of hydrogen-bond acceptors (Lipinski definition) is 3. The molecule has 0 aromatic heterocycles. The first kappa shape index (κ1) is 10.5. The Morgan fingerprint density at radius 3 is 1.67 bits per heavy atom. The second kappa shape index (κ2) is 6.59. The Morgan fingerprint density at radius 1 is 1.50 bits per heavy atom. The monoisotopic (exact) mass is 132 g/mol. The normalized spacial score (nSPS) is 7.67. The van der Waals surface area contributed by atoms with E-state index in [2.05, 4.69) is 0 Å². The summed E-state index contributed by atoms with van der Waals surface area (Å²) >= 11 is 0. The van der Waals surface area contributed by atoms with Crippen molar-refractivity contribution in [1.82, 2.24) is 0 Å². The van der Waals surface area contributed by atoms with Crippen LogP contribution in [0.15, 0.2) is 0 Å². The minimum absolute atomic E-state index is 0. The van der Waals surface area contributed by atoms with Gasteiger partial charge in [0.25, 0.3) is 0 Å². The first-order valence-electron chi connectivity index (χ1n) is 1.33. The van der Waals surface area contributed by atoms with Crippen molar-refractivity contribution in [2.45, 2.75) is 6.92 Å². The fraction of sp³-hybridized carbons (Fsp3) is 1.00. The zero-order valence-corrected chi connectivity index (χ0v) is 7.87. The Labute approximate surface area is 81.7 Å². The van der Waals surface area contributed by atoms with E-state index < -0.39 is 10.7 Å². The topological polar surface area (TPSA) is 34.1 Å². The summed E-state index contributed by atoms with van der Waals surface area (Å²) in [7, 11) is -1.82. The van der Waals surface area contributed by atoms with Crippen LogP contribution in [0.3, 0.4) is 0 Å². The van der Waals surface area contributed by atoms with Gasteiger partial charge in [0.1, 0.15) is 0 Å². The fourth-order valence-electron chi connectivity index (χ4n) is 0. The molecule has 0 heterocycles. The third kappa shape index (κ3) is 9.14. The molecular formula is C2H5KO2S. The van der Waals surface area contributed by atoms with Gasteiger partial charge < -0.3 is 8.42 Å². The molecule has 0 spiro atoms. The van der Waals surface area contributed by atoms with Gasteiger partial charge in [-0.25, -0.2) is 0 Å². The maximum Gasteiger partial charge on any atom is 1.00 e. The molecule has 32 valence electrons. The largest absolute Gasteiger partial charge is 1.00 e. The van der Waals surface area contributed by atoms with Crippen molar-refractivity contribution in [1.29, 1.82) is 0 Å². The summed E-state index contributed by atoms with van der Waals surface area (Å²) in [6.45, 7) is 1.59. The third-order valence-corrected chi connectivity index (χ3v) is 0.707. The molecular weight excluding hydrogens is 127 g/mol. The third-order valence-electron chi connectivity index (χ3n) is 0.236. The summed E-state index contributed by atoms with van der Waals surface area (Å²) < 4.78 is 18.7. The summed E-state index contributed by atoms with van der Waals surface area (Å²) in [5.74, 6) is 0.222. The number of hydrogen-bond donors (Lipinski definition) is 0. The molecule has 0 aliphatic rings. The van der Waals surface area contributed by atoms with Crippen molar-refractivity contribution >= 4 is 10.7 Å². The second-order valence-corrected chi connectivity index (χ2v) is 1.78. The number of rotatable bonds is 1. The van der Waals surface area contributed by atoms with E-state index in [0.29, 0.717) is 0 Å².